The first-order chi connectivity index (χ1) is 28.8. The number of rotatable bonds is 11. The molecule has 59 heavy (non-hydrogen) atoms. The number of nitrogens with zero attached hydrogens (tertiary/aromatic N) is 6. The van der Waals surface area contributed by atoms with E-state index < -0.39 is 23.8 Å². The van der Waals surface area contributed by atoms with Gasteiger partial charge in [-0.25, -0.2) is 4.98 Å². The molecule has 13 heteroatoms. The quantitative estimate of drug-likeness (QED) is 0.161. The fourth-order valence-electron chi connectivity index (χ4n) is 9.95. The minimum absolute atomic E-state index is 0.110. The fourth-order valence-corrected chi connectivity index (χ4v) is 9.95. The van der Waals surface area contributed by atoms with Gasteiger partial charge in [0.1, 0.15) is 12.1 Å². The molecule has 1 atom stereocenters. The number of benzene rings is 2. The number of ether oxygens (including phenoxy) is 1. The van der Waals surface area contributed by atoms with E-state index in [2.05, 4.69) is 59.2 Å². The third-order valence-electron chi connectivity index (χ3n) is 13.4. The topological polar surface area (TPSA) is 144 Å². The van der Waals surface area contributed by atoms with Gasteiger partial charge in [0, 0.05) is 96.9 Å². The lowest BCUT2D eigenvalue weighted by molar-refractivity contribution is -0.136. The van der Waals surface area contributed by atoms with E-state index in [-0.39, 0.29) is 24.9 Å². The van der Waals surface area contributed by atoms with Crippen LogP contribution < -0.4 is 15.0 Å². The molecule has 2 aromatic carbocycles. The van der Waals surface area contributed by atoms with Crippen LogP contribution in [0.25, 0.3) is 32.9 Å². The van der Waals surface area contributed by atoms with Crippen molar-refractivity contribution in [1.82, 2.24) is 35.0 Å². The summed E-state index contributed by atoms with van der Waals surface area (Å²) in [6.45, 7) is 8.28. The predicted molar refractivity (Wildman–Crippen MR) is 224 cm³/mol. The molecule has 304 valence electrons. The molecule has 1 saturated carbocycles. The number of nitrogens with one attached hydrogen (secondary N) is 2. The molecule has 3 saturated heterocycles. The van der Waals surface area contributed by atoms with Crippen LogP contribution in [0.2, 0.25) is 0 Å². The van der Waals surface area contributed by atoms with Gasteiger partial charge in [0.15, 0.2) is 0 Å². The summed E-state index contributed by atoms with van der Waals surface area (Å²) in [5, 5.41) is 4.57. The van der Waals surface area contributed by atoms with Crippen LogP contribution in [0, 0.1) is 11.8 Å². The van der Waals surface area contributed by atoms with Crippen LogP contribution in [0.15, 0.2) is 73.2 Å². The fraction of sp³-hybridized carbons (Fsp3) is 0.435. The molecule has 10 rings (SSSR count). The van der Waals surface area contributed by atoms with Crippen molar-refractivity contribution in [3.8, 4) is 17.0 Å². The van der Waals surface area contributed by atoms with Crippen molar-refractivity contribution in [3.63, 3.8) is 0 Å². The maximum absolute atomic E-state index is 13.3. The number of amides is 4. The Morgan fingerprint density at radius 3 is 2.34 bits per heavy atom. The predicted octanol–water partition coefficient (Wildman–Crippen LogP) is 5.65. The highest BCUT2D eigenvalue weighted by atomic mass is 16.5. The van der Waals surface area contributed by atoms with E-state index in [0.29, 0.717) is 22.9 Å². The zero-order valence-electron chi connectivity index (χ0n) is 33.3. The van der Waals surface area contributed by atoms with Crippen LogP contribution in [-0.4, -0.2) is 118 Å². The van der Waals surface area contributed by atoms with E-state index >= 15 is 0 Å². The van der Waals surface area contributed by atoms with Crippen molar-refractivity contribution in [2.75, 3.05) is 57.3 Å². The average Bonchev–Trinajstić information content (AvgIpc) is 3.74. The number of piperidine rings is 2. The Labute approximate surface area is 343 Å². The number of hydrogen-bond acceptors (Lipinski definition) is 10. The number of H-pyrrole nitrogens is 1. The van der Waals surface area contributed by atoms with Gasteiger partial charge in [0.25, 0.3) is 11.8 Å². The van der Waals surface area contributed by atoms with Crippen molar-refractivity contribution >= 4 is 51.1 Å². The molecular formula is C46H50N8O5. The van der Waals surface area contributed by atoms with Crippen molar-refractivity contribution in [2.45, 2.75) is 63.5 Å². The highest BCUT2D eigenvalue weighted by molar-refractivity contribution is 6.23. The molecule has 5 aliphatic rings. The third-order valence-corrected chi connectivity index (χ3v) is 13.4. The van der Waals surface area contributed by atoms with Crippen LogP contribution in [0.5, 0.6) is 5.88 Å². The van der Waals surface area contributed by atoms with Crippen LogP contribution in [0.1, 0.15) is 72.1 Å². The normalized spacial score (nSPS) is 23.2. The molecule has 3 aromatic heterocycles. The second-order valence-electron chi connectivity index (χ2n) is 17.2. The van der Waals surface area contributed by atoms with E-state index in [1.807, 2.05) is 36.8 Å². The molecule has 7 heterocycles. The summed E-state index contributed by atoms with van der Waals surface area (Å²) in [6, 6.07) is 17.0. The van der Waals surface area contributed by atoms with Gasteiger partial charge in [0.2, 0.25) is 17.7 Å². The van der Waals surface area contributed by atoms with Gasteiger partial charge in [-0.3, -0.25) is 39.3 Å². The van der Waals surface area contributed by atoms with Gasteiger partial charge in [-0.05, 0) is 118 Å². The van der Waals surface area contributed by atoms with Gasteiger partial charge in [-0.1, -0.05) is 12.1 Å². The van der Waals surface area contributed by atoms with E-state index in [1.165, 1.54) is 50.7 Å². The molecule has 4 amide bonds. The van der Waals surface area contributed by atoms with Gasteiger partial charge in [-0.15, -0.1) is 0 Å². The number of aromatic nitrogens is 3. The van der Waals surface area contributed by atoms with Crippen molar-refractivity contribution in [2.24, 2.45) is 11.8 Å². The lowest BCUT2D eigenvalue weighted by Crippen LogP contribution is -2.54. The smallest absolute Gasteiger partial charge is 0.262 e. The minimum atomic E-state index is -0.949. The average molecular weight is 795 g/mol. The number of imide groups is 2. The standard InChI is InChI=1S/C46H50N8O5/c55-42-9-8-41(44(56)50-42)54-45(57)36-7-5-33(25-37(36)46(54)58)53-20-18-51(19-21-53)15-1-2-29-12-16-52(17-13-29)28-30-22-34(23-30)59-43-10-4-32(26-48-43)31-3-6-35-38-27-47-14-11-39(38)49-40(35)24-31/h3-7,10-11,14,24-27,29-30,34,41,49H,1-2,8-9,12-13,15-23,28H2,(H,50,55,56). The van der Waals surface area contributed by atoms with Crippen LogP contribution >= 0.6 is 0 Å². The minimum Gasteiger partial charge on any atom is -0.474 e. The maximum atomic E-state index is 13.3. The summed E-state index contributed by atoms with van der Waals surface area (Å²) in [4.78, 5) is 71.4. The number of carbonyl (C=O) groups is 4. The second-order valence-corrected chi connectivity index (χ2v) is 17.2. The SMILES string of the molecule is O=C1CCC(N2C(=O)c3ccc(N4CCN(CCCC5CCN(CC6CC(Oc7ccc(-c8ccc9c(c8)[nH]c8ccncc89)cn7)C6)CC5)CC4)cc3C2=O)C(=O)N1. The second kappa shape index (κ2) is 15.8. The molecule has 0 bridgehead atoms. The molecule has 4 aliphatic heterocycles. The van der Waals surface area contributed by atoms with Gasteiger partial charge < -0.3 is 19.5 Å². The maximum Gasteiger partial charge on any atom is 0.262 e. The van der Waals surface area contributed by atoms with Crippen LogP contribution in [0.3, 0.4) is 0 Å². The summed E-state index contributed by atoms with van der Waals surface area (Å²) in [5.41, 5.74) is 5.96. The van der Waals surface area contributed by atoms with E-state index in [9.17, 15) is 19.2 Å². The highest BCUT2D eigenvalue weighted by Gasteiger charge is 2.45. The molecular weight excluding hydrogens is 745 g/mol. The summed E-state index contributed by atoms with van der Waals surface area (Å²) in [5.74, 6) is 0.306. The number of anilines is 1. The van der Waals surface area contributed by atoms with Crippen molar-refractivity contribution in [1.29, 1.82) is 0 Å². The van der Waals surface area contributed by atoms with Gasteiger partial charge in [-0.2, -0.15) is 0 Å². The monoisotopic (exact) mass is 794 g/mol. The first-order valence-corrected chi connectivity index (χ1v) is 21.4. The molecule has 4 fully saturated rings. The Bertz CT molecular complexity index is 2410. The summed E-state index contributed by atoms with van der Waals surface area (Å²) < 4.78 is 6.27. The summed E-state index contributed by atoms with van der Waals surface area (Å²) >= 11 is 0. The number of fused-ring (bicyclic) bond motifs is 4. The Morgan fingerprint density at radius 1 is 0.729 bits per heavy atom. The summed E-state index contributed by atoms with van der Waals surface area (Å²) in [6.07, 6.45) is 13.4. The molecule has 5 aromatic rings. The zero-order chi connectivity index (χ0) is 40.0. The highest BCUT2D eigenvalue weighted by Crippen LogP contribution is 2.35. The number of hydrogen-bond donors (Lipinski definition) is 2. The molecule has 2 N–H and O–H groups in total. The van der Waals surface area contributed by atoms with Crippen molar-refractivity contribution in [3.05, 3.63) is 84.3 Å². The first-order valence-electron chi connectivity index (χ1n) is 21.4. The largest absolute Gasteiger partial charge is 0.474 e. The Balaban J connectivity index is 0.613. The van der Waals surface area contributed by atoms with Gasteiger partial charge in [0.05, 0.1) is 11.1 Å². The Hall–Kier alpha value is -5.66. The number of pyridine rings is 2. The Kier molecular flexibility index (Phi) is 10.1. The Morgan fingerprint density at radius 2 is 1.54 bits per heavy atom. The number of carbonyl (C=O) groups excluding carboxylic acids is 4. The summed E-state index contributed by atoms with van der Waals surface area (Å²) in [7, 11) is 0. The number of aromatic amines is 1. The molecule has 0 radical (unpaired) electrons. The van der Waals surface area contributed by atoms with Crippen molar-refractivity contribution < 1.29 is 23.9 Å². The first kappa shape index (κ1) is 37.6. The van der Waals surface area contributed by atoms with E-state index in [4.69, 9.17) is 4.74 Å². The molecule has 1 unspecified atom stereocenters. The van der Waals surface area contributed by atoms with E-state index in [0.717, 1.165) is 89.6 Å². The number of piperazine rings is 1. The number of likely N-dealkylation sites (tertiary alicyclic amines) is 1. The third kappa shape index (κ3) is 7.57. The van der Waals surface area contributed by atoms with Crippen LogP contribution in [0.4, 0.5) is 5.69 Å². The molecule has 13 nitrogen and oxygen atoms in total. The zero-order valence-corrected chi connectivity index (χ0v) is 33.3. The van der Waals surface area contributed by atoms with Gasteiger partial charge >= 0.3 is 0 Å². The lowest BCUT2D eigenvalue weighted by atomic mass is 9.81. The molecule has 1 aliphatic carbocycles. The molecule has 0 spiro atoms. The van der Waals surface area contributed by atoms with Crippen LogP contribution in [-0.2, 0) is 9.59 Å². The van der Waals surface area contributed by atoms with E-state index in [1.54, 1.807) is 12.1 Å². The lowest BCUT2D eigenvalue weighted by Gasteiger charge is -2.40.